The fourth-order valence-corrected chi connectivity index (χ4v) is 5.42. The van der Waals surface area contributed by atoms with Gasteiger partial charge in [0, 0.05) is 58.9 Å². The van der Waals surface area contributed by atoms with E-state index in [0.717, 1.165) is 39.1 Å². The standard InChI is InChI=1S/C28H29N7O/c1-18(2)35-27-32-25(11-26(36)34(27)17-28(35,3)4)23-14-30-24-8-7-20(10-22(23)24)21-13-31-33(16-21)15-19-6-5-9-29-12-19/h5-14,16,18,30H,15,17H2,1-4H3. The summed E-state index contributed by atoms with van der Waals surface area (Å²) in [5, 5.41) is 5.57. The lowest BCUT2D eigenvalue weighted by molar-refractivity contribution is 0.425. The fraction of sp³-hybridized carbons (Fsp3) is 0.286. The molecule has 5 heterocycles. The Morgan fingerprint density at radius 2 is 1.97 bits per heavy atom. The third-order valence-electron chi connectivity index (χ3n) is 6.91. The van der Waals surface area contributed by atoms with Crippen molar-refractivity contribution in [2.24, 2.45) is 0 Å². The smallest absolute Gasteiger partial charge is 0.255 e. The van der Waals surface area contributed by atoms with E-state index in [9.17, 15) is 4.79 Å². The number of aromatic nitrogens is 6. The molecule has 8 heteroatoms. The zero-order valence-electron chi connectivity index (χ0n) is 20.9. The Balaban J connectivity index is 1.39. The van der Waals surface area contributed by atoms with E-state index in [1.807, 2.05) is 41.6 Å². The Labute approximate surface area is 209 Å². The molecule has 0 radical (unpaired) electrons. The largest absolute Gasteiger partial charge is 0.360 e. The number of hydrogen-bond acceptors (Lipinski definition) is 5. The van der Waals surface area contributed by atoms with E-state index in [-0.39, 0.29) is 17.1 Å². The zero-order chi connectivity index (χ0) is 25.0. The second-order valence-corrected chi connectivity index (χ2v) is 10.4. The summed E-state index contributed by atoms with van der Waals surface area (Å²) in [6.45, 7) is 9.90. The molecule has 1 aliphatic rings. The van der Waals surface area contributed by atoms with Crippen molar-refractivity contribution in [1.29, 1.82) is 0 Å². The molecular weight excluding hydrogens is 450 g/mol. The number of nitrogens with zero attached hydrogens (tertiary/aromatic N) is 6. The summed E-state index contributed by atoms with van der Waals surface area (Å²) >= 11 is 0. The highest BCUT2D eigenvalue weighted by molar-refractivity contribution is 5.97. The summed E-state index contributed by atoms with van der Waals surface area (Å²) in [4.78, 5) is 27.9. The Kier molecular flexibility index (Phi) is 5.07. The molecule has 0 fully saturated rings. The van der Waals surface area contributed by atoms with Gasteiger partial charge in [-0.3, -0.25) is 19.0 Å². The number of H-pyrrole nitrogens is 1. The van der Waals surface area contributed by atoms with E-state index in [1.165, 1.54) is 0 Å². The molecule has 0 bridgehead atoms. The maximum absolute atomic E-state index is 13.1. The molecule has 0 atom stereocenters. The van der Waals surface area contributed by atoms with Gasteiger partial charge in [-0.15, -0.1) is 0 Å². The van der Waals surface area contributed by atoms with Crippen LogP contribution < -0.4 is 10.5 Å². The van der Waals surface area contributed by atoms with E-state index < -0.39 is 0 Å². The molecule has 0 amide bonds. The predicted molar refractivity (Wildman–Crippen MR) is 142 cm³/mol. The number of pyridine rings is 1. The second kappa shape index (κ2) is 8.19. The Hall–Kier alpha value is -4.20. The lowest BCUT2D eigenvalue weighted by atomic mass is 10.0. The van der Waals surface area contributed by atoms with Crippen LogP contribution in [0.3, 0.4) is 0 Å². The molecule has 0 aliphatic carbocycles. The van der Waals surface area contributed by atoms with E-state index in [1.54, 1.807) is 16.8 Å². The highest BCUT2D eigenvalue weighted by Crippen LogP contribution is 2.36. The van der Waals surface area contributed by atoms with Crippen LogP contribution in [0.15, 0.2) is 72.2 Å². The summed E-state index contributed by atoms with van der Waals surface area (Å²) < 4.78 is 3.71. The van der Waals surface area contributed by atoms with Gasteiger partial charge in [-0.05, 0) is 57.0 Å². The third-order valence-corrected chi connectivity index (χ3v) is 6.91. The summed E-state index contributed by atoms with van der Waals surface area (Å²) in [5.74, 6) is 0.736. The van der Waals surface area contributed by atoms with Gasteiger partial charge < -0.3 is 9.88 Å². The lowest BCUT2D eigenvalue weighted by Gasteiger charge is -2.35. The van der Waals surface area contributed by atoms with Crippen LogP contribution in [0.25, 0.3) is 33.3 Å². The zero-order valence-corrected chi connectivity index (χ0v) is 20.9. The first-order chi connectivity index (χ1) is 17.3. The lowest BCUT2D eigenvalue weighted by Crippen LogP contribution is -2.45. The molecule has 8 nitrogen and oxygen atoms in total. The molecule has 0 saturated carbocycles. The first-order valence-electron chi connectivity index (χ1n) is 12.2. The van der Waals surface area contributed by atoms with Gasteiger partial charge >= 0.3 is 0 Å². The summed E-state index contributed by atoms with van der Waals surface area (Å²) in [6, 6.07) is 12.2. The molecule has 1 aliphatic heterocycles. The van der Waals surface area contributed by atoms with E-state index in [0.29, 0.717) is 18.8 Å². The molecule has 36 heavy (non-hydrogen) atoms. The van der Waals surface area contributed by atoms with Gasteiger partial charge in [-0.25, -0.2) is 4.98 Å². The van der Waals surface area contributed by atoms with E-state index in [2.05, 4.69) is 65.9 Å². The highest BCUT2D eigenvalue weighted by Gasteiger charge is 2.39. The van der Waals surface area contributed by atoms with Gasteiger partial charge in [0.25, 0.3) is 5.56 Å². The van der Waals surface area contributed by atoms with Crippen molar-refractivity contribution >= 4 is 16.9 Å². The highest BCUT2D eigenvalue weighted by atomic mass is 16.1. The van der Waals surface area contributed by atoms with Crippen LogP contribution in [0, 0.1) is 0 Å². The fourth-order valence-electron chi connectivity index (χ4n) is 5.42. The van der Waals surface area contributed by atoms with Crippen molar-refractivity contribution in [2.75, 3.05) is 4.90 Å². The maximum atomic E-state index is 13.1. The first-order valence-corrected chi connectivity index (χ1v) is 12.2. The number of nitrogens with one attached hydrogen (secondary N) is 1. The molecule has 1 N–H and O–H groups in total. The van der Waals surface area contributed by atoms with E-state index >= 15 is 0 Å². The number of aromatic amines is 1. The SMILES string of the molecule is CC(C)N1c2nc(-c3c[nH]c4ccc(-c5cnn(Cc6cccnc6)c5)cc34)cc(=O)n2CC1(C)C. The van der Waals surface area contributed by atoms with Crippen LogP contribution >= 0.6 is 0 Å². The molecule has 5 aromatic rings. The van der Waals surface area contributed by atoms with Crippen molar-refractivity contribution in [1.82, 2.24) is 29.3 Å². The van der Waals surface area contributed by atoms with Crippen LogP contribution in [0.1, 0.15) is 33.3 Å². The number of rotatable bonds is 5. The van der Waals surface area contributed by atoms with Crippen LogP contribution in [0.5, 0.6) is 0 Å². The molecule has 0 unspecified atom stereocenters. The van der Waals surface area contributed by atoms with Crippen molar-refractivity contribution in [3.05, 3.63) is 83.3 Å². The maximum Gasteiger partial charge on any atom is 0.255 e. The minimum Gasteiger partial charge on any atom is -0.360 e. The quantitative estimate of drug-likeness (QED) is 0.395. The van der Waals surface area contributed by atoms with Gasteiger partial charge in [-0.2, -0.15) is 5.10 Å². The monoisotopic (exact) mass is 479 g/mol. The third kappa shape index (κ3) is 3.69. The van der Waals surface area contributed by atoms with Gasteiger partial charge in [0.1, 0.15) is 0 Å². The minimum atomic E-state index is -0.171. The molecule has 182 valence electrons. The number of benzene rings is 1. The Morgan fingerprint density at radius 3 is 2.75 bits per heavy atom. The van der Waals surface area contributed by atoms with Crippen molar-refractivity contribution in [3.63, 3.8) is 0 Å². The summed E-state index contributed by atoms with van der Waals surface area (Å²) in [6.07, 6.45) is 9.50. The molecular formula is C28H29N7O. The Morgan fingerprint density at radius 1 is 1.11 bits per heavy atom. The molecule has 0 saturated heterocycles. The predicted octanol–water partition coefficient (Wildman–Crippen LogP) is 4.71. The Bertz CT molecular complexity index is 1620. The van der Waals surface area contributed by atoms with Crippen molar-refractivity contribution < 1.29 is 0 Å². The summed E-state index contributed by atoms with van der Waals surface area (Å²) in [5.41, 5.74) is 5.60. The van der Waals surface area contributed by atoms with E-state index in [4.69, 9.17) is 4.98 Å². The normalized spacial score (nSPS) is 14.6. The van der Waals surface area contributed by atoms with Crippen molar-refractivity contribution in [2.45, 2.75) is 52.4 Å². The van der Waals surface area contributed by atoms with Crippen LogP contribution in [0.4, 0.5) is 5.95 Å². The number of fused-ring (bicyclic) bond motifs is 2. The van der Waals surface area contributed by atoms with Gasteiger partial charge in [0.15, 0.2) is 0 Å². The number of hydrogen-bond donors (Lipinski definition) is 1. The molecule has 6 rings (SSSR count). The van der Waals surface area contributed by atoms with Gasteiger partial charge in [0.2, 0.25) is 5.95 Å². The second-order valence-electron chi connectivity index (χ2n) is 10.4. The van der Waals surface area contributed by atoms with Crippen molar-refractivity contribution in [3.8, 4) is 22.4 Å². The van der Waals surface area contributed by atoms with Gasteiger partial charge in [0.05, 0.1) is 30.5 Å². The molecule has 0 spiro atoms. The van der Waals surface area contributed by atoms with Crippen LogP contribution in [-0.2, 0) is 13.1 Å². The van der Waals surface area contributed by atoms with Crippen LogP contribution in [0.2, 0.25) is 0 Å². The molecule has 4 aromatic heterocycles. The van der Waals surface area contributed by atoms with Crippen LogP contribution in [-0.4, -0.2) is 40.9 Å². The summed E-state index contributed by atoms with van der Waals surface area (Å²) in [7, 11) is 0. The topological polar surface area (TPSA) is 84.6 Å². The number of anilines is 1. The minimum absolute atomic E-state index is 0.0200. The van der Waals surface area contributed by atoms with Gasteiger partial charge in [-0.1, -0.05) is 12.1 Å². The average molecular weight is 480 g/mol. The molecule has 1 aromatic carbocycles. The average Bonchev–Trinajstić information content (AvgIpc) is 3.54. The first kappa shape index (κ1) is 22.3.